The average molecular weight is 265 g/mol. The lowest BCUT2D eigenvalue weighted by Crippen LogP contribution is -2.20. The van der Waals surface area contributed by atoms with E-state index in [0.717, 1.165) is 18.8 Å². The van der Waals surface area contributed by atoms with Crippen molar-refractivity contribution in [2.45, 2.75) is 26.8 Å². The molecule has 1 rings (SSSR count). The molecule has 0 aliphatic carbocycles. The number of pyridine rings is 1. The van der Waals surface area contributed by atoms with E-state index in [2.05, 4.69) is 29.5 Å². The molecule has 0 saturated heterocycles. The van der Waals surface area contributed by atoms with Gasteiger partial charge in [-0.25, -0.2) is 0 Å². The van der Waals surface area contributed by atoms with Gasteiger partial charge in [0.05, 0.1) is 24.9 Å². The highest BCUT2D eigenvalue weighted by Crippen LogP contribution is 2.09. The van der Waals surface area contributed by atoms with Gasteiger partial charge in [0.15, 0.2) is 0 Å². The Hall–Kier alpha value is -1.62. The predicted molar refractivity (Wildman–Crippen MR) is 75.0 cm³/mol. The highest BCUT2D eigenvalue weighted by atomic mass is 16.5. The first-order chi connectivity index (χ1) is 9.11. The summed E-state index contributed by atoms with van der Waals surface area (Å²) in [7, 11) is 1.61. The summed E-state index contributed by atoms with van der Waals surface area (Å²) >= 11 is 0. The molecule has 2 N–H and O–H groups in total. The van der Waals surface area contributed by atoms with E-state index < -0.39 is 0 Å². The number of carbonyl (C=O) groups is 1. The molecule has 0 radical (unpaired) electrons. The van der Waals surface area contributed by atoms with E-state index in [1.807, 2.05) is 12.1 Å². The van der Waals surface area contributed by atoms with Crippen LogP contribution in [0.1, 0.15) is 26.0 Å². The number of rotatable bonds is 8. The van der Waals surface area contributed by atoms with Crippen molar-refractivity contribution in [1.82, 2.24) is 15.6 Å². The molecule has 1 aromatic rings. The van der Waals surface area contributed by atoms with Gasteiger partial charge < -0.3 is 15.4 Å². The Morgan fingerprint density at radius 1 is 1.42 bits per heavy atom. The molecule has 1 aromatic heterocycles. The van der Waals surface area contributed by atoms with Crippen LogP contribution in [0.25, 0.3) is 0 Å². The molecule has 5 nitrogen and oxygen atoms in total. The number of ether oxygens (including phenoxy) is 1. The Balaban J connectivity index is 2.29. The van der Waals surface area contributed by atoms with Crippen molar-refractivity contribution >= 4 is 5.91 Å². The summed E-state index contributed by atoms with van der Waals surface area (Å²) < 4.78 is 5.43. The maximum atomic E-state index is 11.0. The smallest absolute Gasteiger partial charge is 0.223 e. The predicted octanol–water partition coefficient (Wildman–Crippen LogP) is 1.34. The van der Waals surface area contributed by atoms with Crippen LogP contribution < -0.4 is 15.4 Å². The molecule has 0 spiro atoms. The number of nitrogens with one attached hydrogen (secondary N) is 2. The Kier molecular flexibility index (Phi) is 6.89. The van der Waals surface area contributed by atoms with Crippen molar-refractivity contribution in [3.05, 3.63) is 24.0 Å². The molecule has 106 valence electrons. The topological polar surface area (TPSA) is 63.2 Å². The Morgan fingerprint density at radius 3 is 2.79 bits per heavy atom. The minimum Gasteiger partial charge on any atom is -0.491 e. The molecule has 0 aliphatic rings. The minimum atomic E-state index is -0.0255. The van der Waals surface area contributed by atoms with Gasteiger partial charge in [0.1, 0.15) is 5.75 Å². The van der Waals surface area contributed by atoms with Crippen LogP contribution in [0.4, 0.5) is 0 Å². The first-order valence-corrected chi connectivity index (χ1v) is 6.61. The van der Waals surface area contributed by atoms with Crippen LogP contribution in [-0.4, -0.2) is 31.1 Å². The fraction of sp³-hybridized carbons (Fsp3) is 0.571. The quantitative estimate of drug-likeness (QED) is 0.744. The van der Waals surface area contributed by atoms with Gasteiger partial charge in [-0.1, -0.05) is 13.8 Å². The van der Waals surface area contributed by atoms with Gasteiger partial charge >= 0.3 is 0 Å². The fourth-order valence-corrected chi connectivity index (χ4v) is 1.48. The monoisotopic (exact) mass is 265 g/mol. The second-order valence-electron chi connectivity index (χ2n) is 4.78. The zero-order valence-corrected chi connectivity index (χ0v) is 11.9. The van der Waals surface area contributed by atoms with Crippen molar-refractivity contribution in [2.75, 3.05) is 20.2 Å². The third-order valence-electron chi connectivity index (χ3n) is 2.53. The number of aromatic nitrogens is 1. The minimum absolute atomic E-state index is 0.0255. The number of nitrogens with zero attached hydrogens (tertiary/aromatic N) is 1. The largest absolute Gasteiger partial charge is 0.491 e. The summed E-state index contributed by atoms with van der Waals surface area (Å²) in [5.41, 5.74) is 0.985. The Morgan fingerprint density at radius 2 is 2.21 bits per heavy atom. The summed E-state index contributed by atoms with van der Waals surface area (Å²) in [5, 5.41) is 5.88. The molecule has 5 heteroatoms. The standard InChI is InChI=1S/C14H23N3O2/c1-11(2)8-16-9-12-4-5-13(10-17-12)19-7-6-14(18)15-3/h4-5,10-11,16H,6-9H2,1-3H3,(H,15,18). The van der Waals surface area contributed by atoms with Crippen molar-refractivity contribution in [3.63, 3.8) is 0 Å². The van der Waals surface area contributed by atoms with Gasteiger partial charge in [-0.15, -0.1) is 0 Å². The van der Waals surface area contributed by atoms with Crippen LogP contribution in [-0.2, 0) is 11.3 Å². The van der Waals surface area contributed by atoms with E-state index >= 15 is 0 Å². The molecule has 0 aromatic carbocycles. The second kappa shape index (κ2) is 8.48. The molecule has 19 heavy (non-hydrogen) atoms. The van der Waals surface area contributed by atoms with E-state index in [1.165, 1.54) is 0 Å². The third kappa shape index (κ3) is 6.76. The average Bonchev–Trinajstić information content (AvgIpc) is 2.40. The highest BCUT2D eigenvalue weighted by Gasteiger charge is 2.00. The van der Waals surface area contributed by atoms with E-state index in [4.69, 9.17) is 4.74 Å². The zero-order valence-electron chi connectivity index (χ0n) is 11.9. The molecule has 0 bridgehead atoms. The second-order valence-corrected chi connectivity index (χ2v) is 4.78. The Bertz CT molecular complexity index is 377. The summed E-state index contributed by atoms with van der Waals surface area (Å²) in [5.74, 6) is 1.30. The van der Waals surface area contributed by atoms with Gasteiger partial charge in [-0.3, -0.25) is 9.78 Å². The van der Waals surface area contributed by atoms with Crippen LogP contribution in [0.15, 0.2) is 18.3 Å². The van der Waals surface area contributed by atoms with Gasteiger partial charge in [0.25, 0.3) is 0 Å². The van der Waals surface area contributed by atoms with Gasteiger partial charge in [-0.05, 0) is 24.6 Å². The van der Waals surface area contributed by atoms with Gasteiger partial charge in [-0.2, -0.15) is 0 Å². The van der Waals surface area contributed by atoms with Crippen LogP contribution in [0.3, 0.4) is 0 Å². The first-order valence-electron chi connectivity index (χ1n) is 6.61. The SMILES string of the molecule is CNC(=O)CCOc1ccc(CNCC(C)C)nc1. The van der Waals surface area contributed by atoms with Crippen LogP contribution in [0, 0.1) is 5.92 Å². The molecule has 1 amide bonds. The summed E-state index contributed by atoms with van der Waals surface area (Å²) in [4.78, 5) is 15.3. The maximum Gasteiger partial charge on any atom is 0.223 e. The summed E-state index contributed by atoms with van der Waals surface area (Å²) in [6, 6.07) is 3.81. The molecule has 0 atom stereocenters. The van der Waals surface area contributed by atoms with Crippen LogP contribution in [0.2, 0.25) is 0 Å². The van der Waals surface area contributed by atoms with Crippen molar-refractivity contribution in [1.29, 1.82) is 0 Å². The Labute approximate surface area is 114 Å². The maximum absolute atomic E-state index is 11.0. The molecular weight excluding hydrogens is 242 g/mol. The third-order valence-corrected chi connectivity index (χ3v) is 2.53. The molecule has 0 aliphatic heterocycles. The molecular formula is C14H23N3O2. The van der Waals surface area contributed by atoms with E-state index in [1.54, 1.807) is 13.2 Å². The molecule has 0 fully saturated rings. The van der Waals surface area contributed by atoms with Crippen LogP contribution >= 0.6 is 0 Å². The van der Waals surface area contributed by atoms with Crippen molar-refractivity contribution in [2.24, 2.45) is 5.92 Å². The summed E-state index contributed by atoms with van der Waals surface area (Å²) in [6.07, 6.45) is 2.05. The van der Waals surface area contributed by atoms with E-state index in [-0.39, 0.29) is 5.91 Å². The van der Waals surface area contributed by atoms with Crippen molar-refractivity contribution < 1.29 is 9.53 Å². The first kappa shape index (κ1) is 15.4. The normalized spacial score (nSPS) is 10.5. The highest BCUT2D eigenvalue weighted by molar-refractivity contribution is 5.75. The van der Waals surface area contributed by atoms with E-state index in [0.29, 0.717) is 24.7 Å². The molecule has 0 saturated carbocycles. The van der Waals surface area contributed by atoms with Crippen molar-refractivity contribution in [3.8, 4) is 5.75 Å². The molecule has 1 heterocycles. The molecule has 0 unspecified atom stereocenters. The number of amides is 1. The lowest BCUT2D eigenvalue weighted by molar-refractivity contribution is -0.121. The lowest BCUT2D eigenvalue weighted by Gasteiger charge is -2.08. The number of carbonyl (C=O) groups excluding carboxylic acids is 1. The summed E-state index contributed by atoms with van der Waals surface area (Å²) in [6.45, 7) is 6.45. The number of hydrogen-bond acceptors (Lipinski definition) is 4. The zero-order chi connectivity index (χ0) is 14.1. The fourth-order valence-electron chi connectivity index (χ4n) is 1.48. The number of hydrogen-bond donors (Lipinski definition) is 2. The van der Waals surface area contributed by atoms with Crippen LogP contribution in [0.5, 0.6) is 5.75 Å². The van der Waals surface area contributed by atoms with Gasteiger partial charge in [0.2, 0.25) is 5.91 Å². The van der Waals surface area contributed by atoms with Gasteiger partial charge in [0, 0.05) is 13.6 Å². The lowest BCUT2D eigenvalue weighted by atomic mass is 10.2. The van der Waals surface area contributed by atoms with E-state index in [9.17, 15) is 4.79 Å².